The van der Waals surface area contributed by atoms with Crippen molar-refractivity contribution < 1.29 is 14.7 Å². The molecule has 1 aromatic rings. The number of hydrogen-bond donors (Lipinski definition) is 3. The summed E-state index contributed by atoms with van der Waals surface area (Å²) in [6.45, 7) is 1.98. The lowest BCUT2D eigenvalue weighted by atomic mass is 10.1. The van der Waals surface area contributed by atoms with Gasteiger partial charge in [0.15, 0.2) is 0 Å². The number of aryl methyl sites for hydroxylation is 1. The van der Waals surface area contributed by atoms with Crippen LogP contribution in [0.15, 0.2) is 18.2 Å². The zero-order valence-electron chi connectivity index (χ0n) is 10.5. The van der Waals surface area contributed by atoms with Gasteiger partial charge < -0.3 is 15.7 Å². The number of anilines is 1. The zero-order valence-corrected chi connectivity index (χ0v) is 11.3. The summed E-state index contributed by atoms with van der Waals surface area (Å²) >= 11 is 6.05. The Morgan fingerprint density at radius 3 is 2.68 bits per heavy atom. The molecule has 0 aliphatic heterocycles. The third-order valence-corrected chi connectivity index (χ3v) is 3.84. The van der Waals surface area contributed by atoms with Crippen LogP contribution in [0.1, 0.15) is 18.4 Å². The number of carbonyl (C=O) groups is 2. The van der Waals surface area contributed by atoms with E-state index in [1.165, 1.54) is 0 Å². The van der Waals surface area contributed by atoms with Crippen molar-refractivity contribution in [2.24, 2.45) is 5.41 Å². The van der Waals surface area contributed by atoms with Gasteiger partial charge in [0.2, 0.25) is 0 Å². The molecule has 0 atom stereocenters. The van der Waals surface area contributed by atoms with E-state index in [-0.39, 0.29) is 6.54 Å². The molecule has 1 saturated carbocycles. The summed E-state index contributed by atoms with van der Waals surface area (Å²) in [6, 6.07) is 4.88. The molecule has 1 fully saturated rings. The molecule has 0 spiro atoms. The van der Waals surface area contributed by atoms with Crippen LogP contribution < -0.4 is 10.6 Å². The molecule has 1 aromatic carbocycles. The van der Waals surface area contributed by atoms with Crippen LogP contribution in [0.4, 0.5) is 10.5 Å². The largest absolute Gasteiger partial charge is 0.481 e. The smallest absolute Gasteiger partial charge is 0.319 e. The summed E-state index contributed by atoms with van der Waals surface area (Å²) in [4.78, 5) is 22.7. The van der Waals surface area contributed by atoms with E-state index in [0.29, 0.717) is 23.6 Å². The minimum Gasteiger partial charge on any atom is -0.481 e. The van der Waals surface area contributed by atoms with Gasteiger partial charge in [-0.1, -0.05) is 23.7 Å². The van der Waals surface area contributed by atoms with Crippen molar-refractivity contribution in [3.63, 3.8) is 0 Å². The molecule has 0 heterocycles. The number of amides is 2. The van der Waals surface area contributed by atoms with Crippen LogP contribution in [0.25, 0.3) is 0 Å². The van der Waals surface area contributed by atoms with Crippen LogP contribution in [0.5, 0.6) is 0 Å². The fourth-order valence-electron chi connectivity index (χ4n) is 1.78. The lowest BCUT2D eigenvalue weighted by Gasteiger charge is -2.13. The third kappa shape index (κ3) is 2.98. The van der Waals surface area contributed by atoms with Crippen molar-refractivity contribution in [3.8, 4) is 0 Å². The first-order valence-corrected chi connectivity index (χ1v) is 6.36. The topological polar surface area (TPSA) is 78.4 Å². The molecule has 0 saturated heterocycles. The van der Waals surface area contributed by atoms with Crippen molar-refractivity contribution in [1.29, 1.82) is 0 Å². The monoisotopic (exact) mass is 282 g/mol. The van der Waals surface area contributed by atoms with E-state index >= 15 is 0 Å². The van der Waals surface area contributed by atoms with Crippen molar-refractivity contribution >= 4 is 29.3 Å². The lowest BCUT2D eigenvalue weighted by Crippen LogP contribution is -2.36. The molecule has 6 heteroatoms. The quantitative estimate of drug-likeness (QED) is 0.794. The first-order chi connectivity index (χ1) is 8.94. The van der Waals surface area contributed by atoms with Crippen LogP contribution in [-0.2, 0) is 4.79 Å². The number of halogens is 1. The Morgan fingerprint density at radius 2 is 2.11 bits per heavy atom. The van der Waals surface area contributed by atoms with E-state index in [0.717, 1.165) is 5.56 Å². The predicted octanol–water partition coefficient (Wildman–Crippen LogP) is 2.63. The Labute approximate surface area is 116 Å². The second-order valence-electron chi connectivity index (χ2n) is 4.83. The van der Waals surface area contributed by atoms with E-state index in [2.05, 4.69) is 10.6 Å². The number of carboxylic acids is 1. The molecule has 5 nitrogen and oxygen atoms in total. The minimum atomic E-state index is -0.860. The second-order valence-corrected chi connectivity index (χ2v) is 5.21. The number of nitrogens with one attached hydrogen (secondary N) is 2. The van der Waals surface area contributed by atoms with Gasteiger partial charge in [-0.25, -0.2) is 4.79 Å². The van der Waals surface area contributed by atoms with Gasteiger partial charge in [-0.05, 0) is 31.4 Å². The highest BCUT2D eigenvalue weighted by Gasteiger charge is 2.50. The van der Waals surface area contributed by atoms with Crippen LogP contribution >= 0.6 is 11.6 Å². The molecule has 2 amide bonds. The van der Waals surface area contributed by atoms with Gasteiger partial charge in [0, 0.05) is 6.54 Å². The number of rotatable bonds is 4. The van der Waals surface area contributed by atoms with Gasteiger partial charge in [0.25, 0.3) is 0 Å². The number of urea groups is 1. The number of benzene rings is 1. The summed E-state index contributed by atoms with van der Waals surface area (Å²) < 4.78 is 0. The average Bonchev–Trinajstić information content (AvgIpc) is 3.14. The van der Waals surface area contributed by atoms with Gasteiger partial charge >= 0.3 is 12.0 Å². The van der Waals surface area contributed by atoms with E-state index in [1.807, 2.05) is 13.0 Å². The van der Waals surface area contributed by atoms with Crippen molar-refractivity contribution in [3.05, 3.63) is 28.8 Å². The molecule has 0 bridgehead atoms. The van der Waals surface area contributed by atoms with E-state index in [9.17, 15) is 9.59 Å². The normalized spacial score (nSPS) is 15.7. The minimum absolute atomic E-state index is 0.137. The predicted molar refractivity (Wildman–Crippen MR) is 72.5 cm³/mol. The average molecular weight is 283 g/mol. The first-order valence-electron chi connectivity index (χ1n) is 5.98. The number of carboxylic acid groups (broad SMARTS) is 1. The van der Waals surface area contributed by atoms with Crippen LogP contribution in [0.2, 0.25) is 5.02 Å². The summed E-state index contributed by atoms with van der Waals surface area (Å²) in [5.41, 5.74) is 0.608. The molecular weight excluding hydrogens is 268 g/mol. The van der Waals surface area contributed by atoms with Crippen LogP contribution in [0.3, 0.4) is 0 Å². The molecule has 3 N–H and O–H groups in total. The highest BCUT2D eigenvalue weighted by atomic mass is 35.5. The fraction of sp³-hybridized carbons (Fsp3) is 0.385. The summed E-state index contributed by atoms with van der Waals surface area (Å²) in [5, 5.41) is 14.7. The standard InChI is InChI=1S/C13H15ClN2O3/c1-8-3-2-4-9(10(8)14)16-12(19)15-7-13(5-6-13)11(17)18/h2-4H,5-7H2,1H3,(H,17,18)(H2,15,16,19). The maximum absolute atomic E-state index is 11.7. The molecule has 0 aromatic heterocycles. The Morgan fingerprint density at radius 1 is 1.42 bits per heavy atom. The fourth-order valence-corrected chi connectivity index (χ4v) is 1.95. The molecule has 0 radical (unpaired) electrons. The van der Waals surface area contributed by atoms with Gasteiger partial charge in [-0.2, -0.15) is 0 Å². The van der Waals surface area contributed by atoms with E-state index in [4.69, 9.17) is 16.7 Å². The zero-order chi connectivity index (χ0) is 14.0. The summed E-state index contributed by atoms with van der Waals surface area (Å²) in [7, 11) is 0. The highest BCUT2D eigenvalue weighted by Crippen LogP contribution is 2.45. The van der Waals surface area contributed by atoms with Crippen LogP contribution in [0, 0.1) is 12.3 Å². The molecule has 0 unspecified atom stereocenters. The first kappa shape index (κ1) is 13.7. The molecule has 1 aliphatic rings. The van der Waals surface area contributed by atoms with Crippen LogP contribution in [-0.4, -0.2) is 23.7 Å². The van der Waals surface area contributed by atoms with E-state index in [1.54, 1.807) is 12.1 Å². The number of carbonyl (C=O) groups excluding carboxylic acids is 1. The maximum Gasteiger partial charge on any atom is 0.319 e. The summed E-state index contributed by atoms with van der Waals surface area (Å²) in [6.07, 6.45) is 1.21. The Kier molecular flexibility index (Phi) is 3.66. The number of aliphatic carboxylic acids is 1. The van der Waals surface area contributed by atoms with Gasteiger partial charge in [-0.3, -0.25) is 4.79 Å². The molecule has 2 rings (SSSR count). The Hall–Kier alpha value is -1.75. The van der Waals surface area contributed by atoms with Gasteiger partial charge in [0.05, 0.1) is 16.1 Å². The van der Waals surface area contributed by atoms with E-state index < -0.39 is 17.4 Å². The maximum atomic E-state index is 11.7. The SMILES string of the molecule is Cc1cccc(NC(=O)NCC2(C(=O)O)CC2)c1Cl. The van der Waals surface area contributed by atoms with Crippen molar-refractivity contribution in [1.82, 2.24) is 5.32 Å². The second kappa shape index (κ2) is 5.09. The molecule has 102 valence electrons. The Balaban J connectivity index is 1.91. The van der Waals surface area contributed by atoms with Crippen molar-refractivity contribution in [2.75, 3.05) is 11.9 Å². The Bertz CT molecular complexity index is 527. The number of hydrogen-bond acceptors (Lipinski definition) is 2. The molecular formula is C13H15ClN2O3. The van der Waals surface area contributed by atoms with Gasteiger partial charge in [0.1, 0.15) is 0 Å². The highest BCUT2D eigenvalue weighted by molar-refractivity contribution is 6.34. The van der Waals surface area contributed by atoms with Gasteiger partial charge in [-0.15, -0.1) is 0 Å². The van der Waals surface area contributed by atoms with Crippen molar-refractivity contribution in [2.45, 2.75) is 19.8 Å². The lowest BCUT2D eigenvalue weighted by molar-refractivity contribution is -0.143. The molecule has 1 aliphatic carbocycles. The summed E-state index contributed by atoms with van der Waals surface area (Å²) in [5.74, 6) is -0.860. The third-order valence-electron chi connectivity index (χ3n) is 3.33. The molecule has 19 heavy (non-hydrogen) atoms.